The zero-order valence-corrected chi connectivity index (χ0v) is 16.7. The Kier molecular flexibility index (Phi) is 6.21. The van der Waals surface area contributed by atoms with Gasteiger partial charge in [-0.2, -0.15) is 4.31 Å². The Hall–Kier alpha value is -2.18. The van der Waals surface area contributed by atoms with Crippen LogP contribution in [0.3, 0.4) is 0 Å². The van der Waals surface area contributed by atoms with Crippen LogP contribution in [0.25, 0.3) is 0 Å². The smallest absolute Gasteiger partial charge is 0.243 e. The lowest BCUT2D eigenvalue weighted by molar-refractivity contribution is -0.116. The van der Waals surface area contributed by atoms with Gasteiger partial charge >= 0.3 is 0 Å². The fourth-order valence-corrected chi connectivity index (χ4v) is 4.02. The SMILES string of the molecule is Cc1ccc(C)c(S(=O)(=O)N(C)CC(=O)Nc2ccc(C(C)C)cc2)c1. The standard InChI is InChI=1S/C20H26N2O3S/c1-14(2)17-8-10-18(11-9-17)21-20(23)13-22(5)26(24,25)19-12-15(3)6-7-16(19)4/h6-12,14H,13H2,1-5H3,(H,21,23). The Bertz CT molecular complexity index is 888. The highest BCUT2D eigenvalue weighted by atomic mass is 32.2. The summed E-state index contributed by atoms with van der Waals surface area (Å²) in [5.41, 5.74) is 3.35. The van der Waals surface area contributed by atoms with Gasteiger partial charge in [0.25, 0.3) is 0 Å². The first-order valence-corrected chi connectivity index (χ1v) is 9.98. The lowest BCUT2D eigenvalue weighted by atomic mass is 10.0. The molecule has 2 aromatic carbocycles. The molecule has 0 aromatic heterocycles. The van der Waals surface area contributed by atoms with Crippen LogP contribution < -0.4 is 5.32 Å². The minimum absolute atomic E-state index is 0.231. The van der Waals surface area contributed by atoms with Gasteiger partial charge in [0.2, 0.25) is 15.9 Å². The number of rotatable bonds is 6. The largest absolute Gasteiger partial charge is 0.325 e. The summed E-state index contributed by atoms with van der Waals surface area (Å²) in [6.07, 6.45) is 0. The number of sulfonamides is 1. The van der Waals surface area contributed by atoms with E-state index in [4.69, 9.17) is 0 Å². The molecule has 0 aliphatic heterocycles. The van der Waals surface area contributed by atoms with E-state index in [-0.39, 0.29) is 17.3 Å². The molecule has 0 aliphatic rings. The van der Waals surface area contributed by atoms with Crippen LogP contribution in [0.4, 0.5) is 5.69 Å². The number of anilines is 1. The van der Waals surface area contributed by atoms with Gasteiger partial charge in [0, 0.05) is 12.7 Å². The average Bonchev–Trinajstić information content (AvgIpc) is 2.57. The lowest BCUT2D eigenvalue weighted by Crippen LogP contribution is -2.35. The molecule has 0 atom stereocenters. The normalized spacial score (nSPS) is 11.8. The van der Waals surface area contributed by atoms with Crippen molar-refractivity contribution >= 4 is 21.6 Å². The van der Waals surface area contributed by atoms with Crippen molar-refractivity contribution in [3.63, 3.8) is 0 Å². The van der Waals surface area contributed by atoms with Crippen LogP contribution in [0.2, 0.25) is 0 Å². The molecular formula is C20H26N2O3S. The second kappa shape index (κ2) is 8.01. The van der Waals surface area contributed by atoms with E-state index < -0.39 is 10.0 Å². The van der Waals surface area contributed by atoms with Crippen LogP contribution in [0.1, 0.15) is 36.5 Å². The summed E-state index contributed by atoms with van der Waals surface area (Å²) in [6.45, 7) is 7.53. The van der Waals surface area contributed by atoms with E-state index in [0.717, 1.165) is 9.87 Å². The predicted molar refractivity (Wildman–Crippen MR) is 105 cm³/mol. The van der Waals surface area contributed by atoms with E-state index in [9.17, 15) is 13.2 Å². The minimum Gasteiger partial charge on any atom is -0.325 e. The topological polar surface area (TPSA) is 66.5 Å². The van der Waals surface area contributed by atoms with Crippen molar-refractivity contribution in [2.24, 2.45) is 0 Å². The number of nitrogens with one attached hydrogen (secondary N) is 1. The van der Waals surface area contributed by atoms with Crippen molar-refractivity contribution in [2.75, 3.05) is 18.9 Å². The van der Waals surface area contributed by atoms with Crippen LogP contribution in [-0.4, -0.2) is 32.2 Å². The number of nitrogens with zero attached hydrogens (tertiary/aromatic N) is 1. The van der Waals surface area contributed by atoms with Gasteiger partial charge in [-0.15, -0.1) is 0 Å². The van der Waals surface area contributed by atoms with Crippen molar-refractivity contribution in [3.8, 4) is 0 Å². The number of hydrogen-bond donors (Lipinski definition) is 1. The van der Waals surface area contributed by atoms with Crippen LogP contribution in [-0.2, 0) is 14.8 Å². The van der Waals surface area contributed by atoms with Gasteiger partial charge in [0.05, 0.1) is 11.4 Å². The highest BCUT2D eigenvalue weighted by Crippen LogP contribution is 2.21. The quantitative estimate of drug-likeness (QED) is 0.839. The summed E-state index contributed by atoms with van der Waals surface area (Å²) in [5.74, 6) is 0.0345. The number of carbonyl (C=O) groups excluding carboxylic acids is 1. The van der Waals surface area contributed by atoms with E-state index in [2.05, 4.69) is 19.2 Å². The third kappa shape index (κ3) is 4.71. The summed E-state index contributed by atoms with van der Waals surface area (Å²) in [4.78, 5) is 12.5. The molecule has 0 saturated carbocycles. The molecule has 0 radical (unpaired) electrons. The zero-order chi connectivity index (χ0) is 19.5. The fourth-order valence-electron chi connectivity index (χ4n) is 2.59. The first kappa shape index (κ1) is 20.1. The van der Waals surface area contributed by atoms with E-state index in [0.29, 0.717) is 17.2 Å². The number of benzene rings is 2. The van der Waals surface area contributed by atoms with Crippen LogP contribution in [0, 0.1) is 13.8 Å². The summed E-state index contributed by atoms with van der Waals surface area (Å²) >= 11 is 0. The maximum atomic E-state index is 12.8. The maximum Gasteiger partial charge on any atom is 0.243 e. The molecule has 0 bridgehead atoms. The molecule has 0 saturated heterocycles. The third-order valence-corrected chi connectivity index (χ3v) is 6.20. The molecule has 1 N–H and O–H groups in total. The summed E-state index contributed by atoms with van der Waals surface area (Å²) in [7, 11) is -2.31. The second-order valence-electron chi connectivity index (χ2n) is 6.85. The van der Waals surface area contributed by atoms with Gasteiger partial charge in [0.1, 0.15) is 0 Å². The van der Waals surface area contributed by atoms with Crippen LogP contribution in [0.15, 0.2) is 47.4 Å². The zero-order valence-electron chi connectivity index (χ0n) is 15.9. The molecule has 0 aliphatic carbocycles. The molecule has 0 heterocycles. The number of amides is 1. The molecule has 0 fully saturated rings. The molecule has 0 unspecified atom stereocenters. The van der Waals surface area contributed by atoms with Crippen molar-refractivity contribution in [1.29, 1.82) is 0 Å². The molecule has 26 heavy (non-hydrogen) atoms. The summed E-state index contributed by atoms with van der Waals surface area (Å²) in [5, 5.41) is 2.74. The Labute approximate surface area is 156 Å². The molecule has 2 rings (SSSR count). The molecule has 1 amide bonds. The molecule has 0 spiro atoms. The van der Waals surface area contributed by atoms with E-state index in [1.165, 1.54) is 12.6 Å². The van der Waals surface area contributed by atoms with Gasteiger partial charge < -0.3 is 5.32 Å². The fraction of sp³-hybridized carbons (Fsp3) is 0.350. The number of likely N-dealkylation sites (N-methyl/N-ethyl adjacent to an activating group) is 1. The van der Waals surface area contributed by atoms with Gasteiger partial charge in [-0.3, -0.25) is 4.79 Å². The Morgan fingerprint density at radius 3 is 2.27 bits per heavy atom. The molecule has 2 aromatic rings. The van der Waals surface area contributed by atoms with E-state index >= 15 is 0 Å². The van der Waals surface area contributed by atoms with Gasteiger partial charge in [-0.1, -0.05) is 38.1 Å². The average molecular weight is 375 g/mol. The number of carbonyl (C=O) groups is 1. The lowest BCUT2D eigenvalue weighted by Gasteiger charge is -2.18. The van der Waals surface area contributed by atoms with Crippen molar-refractivity contribution in [2.45, 2.75) is 38.5 Å². The highest BCUT2D eigenvalue weighted by molar-refractivity contribution is 7.89. The highest BCUT2D eigenvalue weighted by Gasteiger charge is 2.24. The van der Waals surface area contributed by atoms with Crippen LogP contribution in [0.5, 0.6) is 0 Å². The van der Waals surface area contributed by atoms with Crippen molar-refractivity contribution in [3.05, 3.63) is 59.2 Å². The van der Waals surface area contributed by atoms with Gasteiger partial charge in [-0.25, -0.2) is 8.42 Å². The minimum atomic E-state index is -3.72. The predicted octanol–water partition coefficient (Wildman–Crippen LogP) is 3.69. The first-order valence-electron chi connectivity index (χ1n) is 8.54. The van der Waals surface area contributed by atoms with E-state index in [1.807, 2.05) is 37.3 Å². The molecule has 6 heteroatoms. The maximum absolute atomic E-state index is 12.8. The molecule has 140 valence electrons. The van der Waals surface area contributed by atoms with Gasteiger partial charge in [-0.05, 0) is 54.7 Å². The van der Waals surface area contributed by atoms with E-state index in [1.54, 1.807) is 19.1 Å². The monoisotopic (exact) mass is 374 g/mol. The molecule has 5 nitrogen and oxygen atoms in total. The first-order chi connectivity index (χ1) is 12.1. The number of hydrogen-bond acceptors (Lipinski definition) is 3. The third-order valence-electron chi connectivity index (χ3n) is 4.26. The number of aryl methyl sites for hydroxylation is 2. The van der Waals surface area contributed by atoms with Crippen molar-refractivity contribution in [1.82, 2.24) is 4.31 Å². The Morgan fingerprint density at radius 1 is 1.08 bits per heavy atom. The Morgan fingerprint density at radius 2 is 1.69 bits per heavy atom. The van der Waals surface area contributed by atoms with Crippen LogP contribution >= 0.6 is 0 Å². The second-order valence-corrected chi connectivity index (χ2v) is 8.87. The van der Waals surface area contributed by atoms with Gasteiger partial charge in [0.15, 0.2) is 0 Å². The summed E-state index contributed by atoms with van der Waals surface area (Å²) < 4.78 is 26.6. The summed E-state index contributed by atoms with van der Waals surface area (Å²) in [6, 6.07) is 12.8. The van der Waals surface area contributed by atoms with Crippen molar-refractivity contribution < 1.29 is 13.2 Å². The molecular weight excluding hydrogens is 348 g/mol. The Balaban J connectivity index is 2.09.